The maximum Gasteiger partial charge on any atom is 0.412 e. The molecule has 1 saturated heterocycles. The molecule has 0 spiro atoms. The number of likely N-dealkylation sites (tertiary alicyclic amines) is 1. The van der Waals surface area contributed by atoms with E-state index in [0.29, 0.717) is 23.5 Å². The molecule has 0 bridgehead atoms. The zero-order valence-electron chi connectivity index (χ0n) is 21.3. The van der Waals surface area contributed by atoms with Crippen molar-refractivity contribution >= 4 is 34.1 Å². The normalized spacial score (nSPS) is 14.3. The van der Waals surface area contributed by atoms with E-state index in [-0.39, 0.29) is 5.91 Å². The van der Waals surface area contributed by atoms with Gasteiger partial charge in [-0.15, -0.1) is 0 Å². The van der Waals surface area contributed by atoms with E-state index in [4.69, 9.17) is 9.47 Å². The van der Waals surface area contributed by atoms with Crippen LogP contribution in [0.2, 0.25) is 0 Å². The Balaban J connectivity index is 1.39. The van der Waals surface area contributed by atoms with Gasteiger partial charge in [-0.25, -0.2) is 4.79 Å². The fourth-order valence-corrected chi connectivity index (χ4v) is 4.30. The largest absolute Gasteiger partial charge is 0.492 e. The van der Waals surface area contributed by atoms with Crippen molar-refractivity contribution in [2.75, 3.05) is 36.9 Å². The predicted molar refractivity (Wildman–Crippen MR) is 144 cm³/mol. The number of carbonyl (C=O) groups is 2. The molecule has 0 radical (unpaired) electrons. The summed E-state index contributed by atoms with van der Waals surface area (Å²) in [5, 5.41) is 7.42. The molecule has 1 aliphatic heterocycles. The Morgan fingerprint density at radius 1 is 0.833 bits per heavy atom. The summed E-state index contributed by atoms with van der Waals surface area (Å²) >= 11 is 0. The molecule has 1 heterocycles. The Morgan fingerprint density at radius 2 is 1.44 bits per heavy atom. The molecule has 2 amide bonds. The van der Waals surface area contributed by atoms with Crippen molar-refractivity contribution in [1.29, 1.82) is 0 Å². The molecular weight excluding hydrogens is 454 g/mol. The van der Waals surface area contributed by atoms with Crippen LogP contribution in [-0.2, 0) is 4.74 Å². The monoisotopic (exact) mass is 489 g/mol. The summed E-state index contributed by atoms with van der Waals surface area (Å²) in [5.41, 5.74) is 1.22. The Kier molecular flexibility index (Phi) is 8.10. The van der Waals surface area contributed by atoms with Crippen LogP contribution in [0.4, 0.5) is 16.2 Å². The third kappa shape index (κ3) is 6.98. The van der Waals surface area contributed by atoms with Crippen LogP contribution >= 0.6 is 0 Å². The quantitative estimate of drug-likeness (QED) is 0.407. The molecule has 7 nitrogen and oxygen atoms in total. The lowest BCUT2D eigenvalue weighted by Crippen LogP contribution is -2.33. The predicted octanol–water partition coefficient (Wildman–Crippen LogP) is 6.30. The van der Waals surface area contributed by atoms with Crippen molar-refractivity contribution in [1.82, 2.24) is 4.90 Å². The summed E-state index contributed by atoms with van der Waals surface area (Å²) in [4.78, 5) is 27.7. The van der Waals surface area contributed by atoms with Gasteiger partial charge in [0.15, 0.2) is 0 Å². The van der Waals surface area contributed by atoms with E-state index in [9.17, 15) is 9.59 Å². The van der Waals surface area contributed by atoms with Crippen molar-refractivity contribution in [2.24, 2.45) is 0 Å². The second-order valence-corrected chi connectivity index (χ2v) is 10.1. The first-order valence-corrected chi connectivity index (χ1v) is 12.6. The minimum atomic E-state index is -0.596. The number of hydrogen-bond donors (Lipinski definition) is 2. The maximum absolute atomic E-state index is 13.0. The number of nitrogens with one attached hydrogen (secondary N) is 2. The molecular formula is C29H35N3O4. The number of anilines is 2. The fraction of sp³-hybridized carbons (Fsp3) is 0.379. The topological polar surface area (TPSA) is 79.9 Å². The number of hydrogen-bond acceptors (Lipinski definition) is 5. The van der Waals surface area contributed by atoms with Gasteiger partial charge >= 0.3 is 6.09 Å². The van der Waals surface area contributed by atoms with Crippen LogP contribution < -0.4 is 15.4 Å². The molecule has 0 atom stereocenters. The van der Waals surface area contributed by atoms with Crippen LogP contribution in [0, 0.1) is 0 Å². The van der Waals surface area contributed by atoms with E-state index in [1.807, 2.05) is 57.2 Å². The summed E-state index contributed by atoms with van der Waals surface area (Å²) in [6.07, 6.45) is 3.33. The zero-order chi connectivity index (χ0) is 25.5. The SMILES string of the molecule is CC(C)(C)OC(=O)Nc1ccc(NC(=O)c2ccc(OCCN3CCCCC3)cc2)c2ccccc12. The Bertz CT molecular complexity index is 1200. The molecule has 3 aromatic carbocycles. The van der Waals surface area contributed by atoms with Crippen LogP contribution in [0.25, 0.3) is 10.8 Å². The highest BCUT2D eigenvalue weighted by atomic mass is 16.6. The lowest BCUT2D eigenvalue weighted by atomic mass is 10.1. The van der Waals surface area contributed by atoms with Gasteiger partial charge in [0.25, 0.3) is 5.91 Å². The lowest BCUT2D eigenvalue weighted by Gasteiger charge is -2.26. The van der Waals surface area contributed by atoms with E-state index in [2.05, 4.69) is 15.5 Å². The molecule has 0 aromatic heterocycles. The van der Waals surface area contributed by atoms with Gasteiger partial charge in [-0.1, -0.05) is 30.7 Å². The number of carbonyl (C=O) groups excluding carboxylic acids is 2. The number of ether oxygens (including phenoxy) is 2. The third-order valence-corrected chi connectivity index (χ3v) is 6.05. The first kappa shape index (κ1) is 25.5. The van der Waals surface area contributed by atoms with Gasteiger partial charge in [0, 0.05) is 28.6 Å². The summed E-state index contributed by atoms with van der Waals surface area (Å²) in [7, 11) is 0. The fourth-order valence-electron chi connectivity index (χ4n) is 4.30. The first-order valence-electron chi connectivity index (χ1n) is 12.6. The van der Waals surface area contributed by atoms with Crippen molar-refractivity contribution in [3.63, 3.8) is 0 Å². The van der Waals surface area contributed by atoms with Crippen molar-refractivity contribution < 1.29 is 19.1 Å². The molecule has 1 aliphatic rings. The van der Waals surface area contributed by atoms with Crippen LogP contribution in [0.15, 0.2) is 60.7 Å². The van der Waals surface area contributed by atoms with E-state index in [0.717, 1.165) is 36.2 Å². The number of nitrogens with zero attached hydrogens (tertiary/aromatic N) is 1. The zero-order valence-corrected chi connectivity index (χ0v) is 21.3. The average Bonchev–Trinajstić information content (AvgIpc) is 2.85. The standard InChI is InChI=1S/C29H35N3O4/c1-29(2,3)36-28(34)31-26-16-15-25(23-9-5-6-10-24(23)26)30-27(33)21-11-13-22(14-12-21)35-20-19-32-17-7-4-8-18-32/h5-6,9-16H,4,7-8,17-20H2,1-3H3,(H,30,33)(H,31,34). The number of benzene rings is 3. The van der Waals surface area contributed by atoms with Gasteiger partial charge in [0.2, 0.25) is 0 Å². The van der Waals surface area contributed by atoms with Gasteiger partial charge < -0.3 is 14.8 Å². The van der Waals surface area contributed by atoms with Gasteiger partial charge in [0.05, 0.1) is 5.69 Å². The molecule has 3 aromatic rings. The summed E-state index contributed by atoms with van der Waals surface area (Å²) in [5.74, 6) is 0.541. The van der Waals surface area contributed by atoms with E-state index in [1.54, 1.807) is 24.3 Å². The van der Waals surface area contributed by atoms with Crippen LogP contribution in [0.1, 0.15) is 50.4 Å². The Hall–Kier alpha value is -3.58. The molecule has 36 heavy (non-hydrogen) atoms. The highest BCUT2D eigenvalue weighted by Gasteiger charge is 2.18. The minimum absolute atomic E-state index is 0.215. The van der Waals surface area contributed by atoms with E-state index < -0.39 is 11.7 Å². The van der Waals surface area contributed by atoms with E-state index in [1.165, 1.54) is 19.3 Å². The molecule has 0 saturated carbocycles. The van der Waals surface area contributed by atoms with Gasteiger partial charge in [-0.2, -0.15) is 0 Å². The smallest absolute Gasteiger partial charge is 0.412 e. The van der Waals surface area contributed by atoms with Crippen LogP contribution in [0.3, 0.4) is 0 Å². The van der Waals surface area contributed by atoms with Gasteiger partial charge in [-0.3, -0.25) is 15.0 Å². The van der Waals surface area contributed by atoms with Crippen LogP contribution in [-0.4, -0.2) is 48.7 Å². The molecule has 4 rings (SSSR count). The highest BCUT2D eigenvalue weighted by Crippen LogP contribution is 2.31. The third-order valence-electron chi connectivity index (χ3n) is 6.05. The Labute approximate surface area is 212 Å². The molecule has 190 valence electrons. The highest BCUT2D eigenvalue weighted by molar-refractivity contribution is 6.12. The second-order valence-electron chi connectivity index (χ2n) is 10.1. The summed E-state index contributed by atoms with van der Waals surface area (Å²) in [6.45, 7) is 9.31. The number of amides is 2. The average molecular weight is 490 g/mol. The number of rotatable bonds is 7. The van der Waals surface area contributed by atoms with Gasteiger partial charge in [-0.05, 0) is 83.1 Å². The molecule has 0 aliphatic carbocycles. The second kappa shape index (κ2) is 11.4. The molecule has 7 heteroatoms. The van der Waals surface area contributed by atoms with Crippen molar-refractivity contribution in [3.8, 4) is 5.75 Å². The van der Waals surface area contributed by atoms with E-state index >= 15 is 0 Å². The molecule has 0 unspecified atom stereocenters. The van der Waals surface area contributed by atoms with Crippen molar-refractivity contribution in [2.45, 2.75) is 45.6 Å². The minimum Gasteiger partial charge on any atom is -0.492 e. The summed E-state index contributed by atoms with van der Waals surface area (Å²) in [6, 6.07) is 18.3. The number of fused-ring (bicyclic) bond motifs is 1. The lowest BCUT2D eigenvalue weighted by molar-refractivity contribution is 0.0636. The Morgan fingerprint density at radius 3 is 2.06 bits per heavy atom. The summed E-state index contributed by atoms with van der Waals surface area (Å²) < 4.78 is 11.3. The van der Waals surface area contributed by atoms with Crippen molar-refractivity contribution in [3.05, 3.63) is 66.2 Å². The number of piperidine rings is 1. The maximum atomic E-state index is 13.0. The first-order chi connectivity index (χ1) is 17.3. The molecule has 1 fully saturated rings. The van der Waals surface area contributed by atoms with Gasteiger partial charge in [0.1, 0.15) is 18.0 Å². The molecule has 2 N–H and O–H groups in total. The van der Waals surface area contributed by atoms with Crippen LogP contribution in [0.5, 0.6) is 5.75 Å².